The molecule has 3 rings (SSSR count). The molecule has 16 heavy (non-hydrogen) atoms. The molecule has 2 unspecified atom stereocenters. The Morgan fingerprint density at radius 3 is 3.00 bits per heavy atom. The Morgan fingerprint density at radius 2 is 2.19 bits per heavy atom. The summed E-state index contributed by atoms with van der Waals surface area (Å²) in [6.07, 6.45) is 0.593. The lowest BCUT2D eigenvalue weighted by Gasteiger charge is -2.08. The molecular formula is C13H11NO2. The van der Waals surface area contributed by atoms with E-state index in [-0.39, 0.29) is 12.0 Å². The zero-order chi connectivity index (χ0) is 11.0. The van der Waals surface area contributed by atoms with E-state index in [1.807, 2.05) is 30.3 Å². The van der Waals surface area contributed by atoms with Gasteiger partial charge in [0.15, 0.2) is 0 Å². The first-order valence-corrected chi connectivity index (χ1v) is 5.38. The van der Waals surface area contributed by atoms with E-state index in [4.69, 9.17) is 14.4 Å². The lowest BCUT2D eigenvalue weighted by Crippen LogP contribution is -2.03. The summed E-state index contributed by atoms with van der Waals surface area (Å²) in [6, 6.07) is 12.1. The molecule has 0 N–H and O–H groups in total. The molecule has 0 saturated carbocycles. The molecule has 3 nitrogen and oxygen atoms in total. The fraction of sp³-hybridized carbons (Fsp3) is 0.308. The normalized spacial score (nSPS) is 24.7. The predicted molar refractivity (Wildman–Crippen MR) is 58.6 cm³/mol. The van der Waals surface area contributed by atoms with Crippen LogP contribution in [0.15, 0.2) is 34.7 Å². The maximum atomic E-state index is 9.00. The van der Waals surface area contributed by atoms with E-state index in [1.165, 1.54) is 0 Å². The van der Waals surface area contributed by atoms with Gasteiger partial charge in [0.05, 0.1) is 12.0 Å². The smallest absolute Gasteiger partial charge is 0.135 e. The van der Waals surface area contributed by atoms with Gasteiger partial charge in [-0.1, -0.05) is 18.2 Å². The molecule has 0 amide bonds. The van der Waals surface area contributed by atoms with E-state index < -0.39 is 0 Å². The van der Waals surface area contributed by atoms with Gasteiger partial charge in [-0.3, -0.25) is 0 Å². The van der Waals surface area contributed by atoms with Crippen LogP contribution in [-0.2, 0) is 4.74 Å². The van der Waals surface area contributed by atoms with Crippen LogP contribution in [0.25, 0.3) is 11.0 Å². The number of nitrogens with zero attached hydrogens (tertiary/aromatic N) is 1. The minimum atomic E-state index is -0.197. The van der Waals surface area contributed by atoms with Gasteiger partial charge in [0, 0.05) is 12.0 Å². The van der Waals surface area contributed by atoms with Gasteiger partial charge in [-0.25, -0.2) is 0 Å². The zero-order valence-corrected chi connectivity index (χ0v) is 8.72. The monoisotopic (exact) mass is 213 g/mol. The highest BCUT2D eigenvalue weighted by Gasteiger charge is 2.32. The van der Waals surface area contributed by atoms with Crippen LogP contribution in [0.3, 0.4) is 0 Å². The number of benzene rings is 1. The SMILES string of the molecule is N#CC1CCOC1c1cc2ccccc2o1. The summed E-state index contributed by atoms with van der Waals surface area (Å²) >= 11 is 0. The topological polar surface area (TPSA) is 46.2 Å². The van der Waals surface area contributed by atoms with Crippen LogP contribution in [0.1, 0.15) is 18.3 Å². The van der Waals surface area contributed by atoms with Gasteiger partial charge < -0.3 is 9.15 Å². The van der Waals surface area contributed by atoms with Crippen molar-refractivity contribution in [2.75, 3.05) is 6.61 Å². The Kier molecular flexibility index (Phi) is 2.16. The van der Waals surface area contributed by atoms with Crippen LogP contribution in [0, 0.1) is 17.2 Å². The molecule has 1 aromatic heterocycles. The molecule has 80 valence electrons. The van der Waals surface area contributed by atoms with Crippen molar-refractivity contribution in [1.29, 1.82) is 5.26 Å². The molecule has 2 atom stereocenters. The molecule has 2 aromatic rings. The van der Waals surface area contributed by atoms with Crippen molar-refractivity contribution in [3.63, 3.8) is 0 Å². The number of rotatable bonds is 1. The van der Waals surface area contributed by atoms with E-state index in [2.05, 4.69) is 6.07 Å². The van der Waals surface area contributed by atoms with Gasteiger partial charge in [0.1, 0.15) is 17.4 Å². The molecule has 1 saturated heterocycles. The van der Waals surface area contributed by atoms with Gasteiger partial charge >= 0.3 is 0 Å². The van der Waals surface area contributed by atoms with Crippen molar-refractivity contribution in [2.24, 2.45) is 5.92 Å². The van der Waals surface area contributed by atoms with Gasteiger partial charge in [-0.05, 0) is 18.6 Å². The molecule has 0 spiro atoms. The minimum absolute atomic E-state index is 0.0828. The summed E-state index contributed by atoms with van der Waals surface area (Å²) in [5.41, 5.74) is 0.852. The number of ether oxygens (including phenoxy) is 1. The summed E-state index contributed by atoms with van der Waals surface area (Å²) < 4.78 is 11.3. The Bertz CT molecular complexity index is 519. The van der Waals surface area contributed by atoms with Crippen LogP contribution in [0.4, 0.5) is 0 Å². The molecule has 0 aliphatic carbocycles. The van der Waals surface area contributed by atoms with E-state index in [0.29, 0.717) is 6.61 Å². The lowest BCUT2D eigenvalue weighted by atomic mass is 10.0. The van der Waals surface area contributed by atoms with Crippen molar-refractivity contribution in [3.05, 3.63) is 36.1 Å². The van der Waals surface area contributed by atoms with Gasteiger partial charge in [-0.15, -0.1) is 0 Å². The van der Waals surface area contributed by atoms with Crippen LogP contribution in [-0.4, -0.2) is 6.61 Å². The molecule has 1 aromatic carbocycles. The molecule has 0 radical (unpaired) electrons. The standard InChI is InChI=1S/C13H11NO2/c14-8-10-5-6-15-13(10)12-7-9-3-1-2-4-11(9)16-12/h1-4,7,10,13H,5-6H2. The van der Waals surface area contributed by atoms with E-state index >= 15 is 0 Å². The first-order chi connectivity index (χ1) is 7.88. The summed E-state index contributed by atoms with van der Waals surface area (Å²) in [5, 5.41) is 10.1. The van der Waals surface area contributed by atoms with Crippen LogP contribution in [0.2, 0.25) is 0 Å². The second kappa shape index (κ2) is 3.66. The number of furan rings is 1. The fourth-order valence-electron chi connectivity index (χ4n) is 2.14. The predicted octanol–water partition coefficient (Wildman–Crippen LogP) is 3.03. The first kappa shape index (κ1) is 9.44. The van der Waals surface area contributed by atoms with E-state index in [1.54, 1.807) is 0 Å². The summed E-state index contributed by atoms with van der Waals surface area (Å²) in [7, 11) is 0. The average molecular weight is 213 g/mol. The number of para-hydroxylation sites is 1. The highest BCUT2D eigenvalue weighted by molar-refractivity contribution is 5.77. The third kappa shape index (κ3) is 1.39. The van der Waals surface area contributed by atoms with Gasteiger partial charge in [0.2, 0.25) is 0 Å². The highest BCUT2D eigenvalue weighted by atomic mass is 16.5. The van der Waals surface area contributed by atoms with Crippen LogP contribution < -0.4 is 0 Å². The summed E-state index contributed by atoms with van der Waals surface area (Å²) in [4.78, 5) is 0. The third-order valence-corrected chi connectivity index (χ3v) is 2.98. The van der Waals surface area contributed by atoms with Crippen molar-refractivity contribution < 1.29 is 9.15 Å². The summed E-state index contributed by atoms with van der Waals surface area (Å²) in [5.74, 6) is 0.686. The quantitative estimate of drug-likeness (QED) is 0.731. The molecule has 1 fully saturated rings. The lowest BCUT2D eigenvalue weighted by molar-refractivity contribution is 0.0837. The summed E-state index contributed by atoms with van der Waals surface area (Å²) in [6.45, 7) is 0.639. The number of hydrogen-bond acceptors (Lipinski definition) is 3. The number of nitriles is 1. The number of hydrogen-bond donors (Lipinski definition) is 0. The van der Waals surface area contributed by atoms with Crippen molar-refractivity contribution in [1.82, 2.24) is 0 Å². The van der Waals surface area contributed by atoms with Crippen LogP contribution >= 0.6 is 0 Å². The van der Waals surface area contributed by atoms with Crippen molar-refractivity contribution in [3.8, 4) is 6.07 Å². The highest BCUT2D eigenvalue weighted by Crippen LogP contribution is 2.36. The average Bonchev–Trinajstić information content (AvgIpc) is 2.94. The third-order valence-electron chi connectivity index (χ3n) is 2.98. The second-order valence-electron chi connectivity index (χ2n) is 4.00. The molecule has 1 aliphatic heterocycles. The largest absolute Gasteiger partial charge is 0.458 e. The van der Waals surface area contributed by atoms with E-state index in [9.17, 15) is 0 Å². The first-order valence-electron chi connectivity index (χ1n) is 5.38. The molecule has 2 heterocycles. The molecule has 0 bridgehead atoms. The van der Waals surface area contributed by atoms with Gasteiger partial charge in [-0.2, -0.15) is 5.26 Å². The van der Waals surface area contributed by atoms with Crippen molar-refractivity contribution >= 4 is 11.0 Å². The molecule has 1 aliphatic rings. The number of fused-ring (bicyclic) bond motifs is 1. The van der Waals surface area contributed by atoms with E-state index in [0.717, 1.165) is 23.2 Å². The molecular weight excluding hydrogens is 202 g/mol. The maximum absolute atomic E-state index is 9.00. The van der Waals surface area contributed by atoms with Gasteiger partial charge in [0.25, 0.3) is 0 Å². The Morgan fingerprint density at radius 1 is 1.31 bits per heavy atom. The van der Waals surface area contributed by atoms with Crippen molar-refractivity contribution in [2.45, 2.75) is 12.5 Å². The van der Waals surface area contributed by atoms with Crippen LogP contribution in [0.5, 0.6) is 0 Å². The Hall–Kier alpha value is -1.79. The minimum Gasteiger partial charge on any atom is -0.458 e. The Balaban J connectivity index is 2.03. The zero-order valence-electron chi connectivity index (χ0n) is 8.72. The second-order valence-corrected chi connectivity index (χ2v) is 4.00. The Labute approximate surface area is 93.2 Å². The maximum Gasteiger partial charge on any atom is 0.135 e. The fourth-order valence-corrected chi connectivity index (χ4v) is 2.14. The molecule has 3 heteroatoms.